The van der Waals surface area contributed by atoms with E-state index in [2.05, 4.69) is 58.7 Å². The van der Waals surface area contributed by atoms with Crippen LogP contribution in [0.4, 0.5) is 19.2 Å². The lowest BCUT2D eigenvalue weighted by Crippen LogP contribution is -2.46. The molecule has 322 valence electrons. The first-order chi connectivity index (χ1) is 24.1. The average molecular weight is 861 g/mol. The minimum atomic E-state index is -0.727. The van der Waals surface area contributed by atoms with Gasteiger partial charge in [-0.25, -0.2) is 36.1 Å². The number of allylic oxidation sites excluding steroid dienone is 2. The Kier molecular flexibility index (Phi) is 46.9. The number of ether oxygens (including phenoxy) is 3. The van der Waals surface area contributed by atoms with Crippen LogP contribution in [0.25, 0.3) is 0 Å². The van der Waals surface area contributed by atoms with Gasteiger partial charge in [0.05, 0.1) is 19.3 Å². The zero-order chi connectivity index (χ0) is 41.1. The topological polar surface area (TPSA) is 173 Å². The van der Waals surface area contributed by atoms with Gasteiger partial charge in [-0.15, -0.1) is 13.2 Å². The predicted molar refractivity (Wildman–Crippen MR) is 231 cm³/mol. The lowest BCUT2D eigenvalue weighted by atomic mass is 10.2. The maximum absolute atomic E-state index is 11.5. The van der Waals surface area contributed by atoms with E-state index in [9.17, 15) is 19.2 Å². The fourth-order valence-corrected chi connectivity index (χ4v) is 3.78. The molecule has 0 bridgehead atoms. The van der Waals surface area contributed by atoms with Crippen molar-refractivity contribution in [1.29, 1.82) is 0 Å². The molecule has 0 aliphatic carbocycles. The van der Waals surface area contributed by atoms with Gasteiger partial charge >= 0.3 is 23.6 Å². The van der Waals surface area contributed by atoms with Gasteiger partial charge in [0, 0.05) is 18.4 Å². The van der Waals surface area contributed by atoms with Crippen LogP contribution >= 0.6 is 27.5 Å². The van der Waals surface area contributed by atoms with E-state index in [1.807, 2.05) is 38.3 Å². The molecule has 0 unspecified atom stereocenters. The second kappa shape index (κ2) is 40.0. The molecular formula is C39H81BrClN6O7+. The van der Waals surface area contributed by atoms with Crippen molar-refractivity contribution < 1.29 is 33.4 Å². The van der Waals surface area contributed by atoms with Crippen LogP contribution in [0.15, 0.2) is 25.3 Å². The van der Waals surface area contributed by atoms with Crippen molar-refractivity contribution in [2.45, 2.75) is 178 Å². The van der Waals surface area contributed by atoms with E-state index in [4.69, 9.17) is 31.7 Å². The molecule has 0 radical (unpaired) electrons. The fraction of sp³-hybridized carbons (Fsp3) is 0.769. The number of hydrogen-bond donors (Lipinski definition) is 5. The Hall–Kier alpha value is -2.68. The summed E-state index contributed by atoms with van der Waals surface area (Å²) in [5, 5.41) is 1.45. The van der Waals surface area contributed by atoms with Gasteiger partial charge in [0.2, 0.25) is 0 Å². The van der Waals surface area contributed by atoms with Crippen molar-refractivity contribution in [3.63, 3.8) is 0 Å². The lowest BCUT2D eigenvalue weighted by Gasteiger charge is -2.24. The molecule has 15 heteroatoms. The highest BCUT2D eigenvalue weighted by Gasteiger charge is 2.20. The highest BCUT2D eigenvalue weighted by molar-refractivity contribution is 9.09. The third kappa shape index (κ3) is 61.4. The number of nitrogens with one attached hydrogen (secondary N) is 4. The molecule has 13 nitrogen and oxygen atoms in total. The Morgan fingerprint density at radius 2 is 1.20 bits per heavy atom. The monoisotopic (exact) mass is 860 g/mol. The number of hydrogen-bond acceptors (Lipinski definition) is 9. The first-order valence-corrected chi connectivity index (χ1v) is 19.6. The first kappa shape index (κ1) is 63.3. The van der Waals surface area contributed by atoms with Crippen LogP contribution < -0.4 is 27.5 Å². The molecule has 0 atom stereocenters. The summed E-state index contributed by atoms with van der Waals surface area (Å²) in [4.78, 5) is 44.2. The molecule has 0 spiro atoms. The van der Waals surface area contributed by atoms with Crippen LogP contribution in [0.2, 0.25) is 0 Å². The summed E-state index contributed by atoms with van der Waals surface area (Å²) in [7, 11) is 0. The molecule has 0 saturated carbocycles. The minimum absolute atomic E-state index is 0. The van der Waals surface area contributed by atoms with E-state index >= 15 is 0 Å². The molecule has 54 heavy (non-hydrogen) atoms. The molecule has 6 N–H and O–H groups in total. The van der Waals surface area contributed by atoms with E-state index in [1.165, 1.54) is 25.7 Å². The summed E-state index contributed by atoms with van der Waals surface area (Å²) in [6.45, 7) is 26.7. The highest BCUT2D eigenvalue weighted by Crippen LogP contribution is 2.09. The van der Waals surface area contributed by atoms with E-state index in [1.54, 1.807) is 41.5 Å². The number of hydrazine groups is 3. The van der Waals surface area contributed by atoms with Gasteiger partial charge in [-0.2, -0.15) is 0 Å². The fourth-order valence-electron chi connectivity index (χ4n) is 3.33. The Labute approximate surface area is 344 Å². The molecule has 0 aliphatic rings. The highest BCUT2D eigenvalue weighted by atomic mass is 79.9. The largest absolute Gasteiger partial charge is 0.443 e. The Morgan fingerprint density at radius 1 is 0.741 bits per heavy atom. The molecule has 0 aromatic carbocycles. The number of alkyl halides is 1. The molecule has 0 aromatic rings. The summed E-state index contributed by atoms with van der Waals surface area (Å²) >= 11 is 8.77. The lowest BCUT2D eigenvalue weighted by molar-refractivity contribution is 0.0390. The van der Waals surface area contributed by atoms with E-state index < -0.39 is 40.4 Å². The number of nitrogens with two attached hydrogens (primary N) is 1. The standard InChI is InChI=1S/C13H23ClN2O3.C12H24N2O2.C7H14Br.C5H12N2O2.2CH4/c1-5-6-7-8-9-10-16(11(14)17)15-12(18)19-13(2,3)4;1-5-6-7-8-9-10-13-14-11(15)16-12(2,3)4;1-2-3-4-5-6-7-8;1-5(2,3)9-4(8)7-6;;/h5H,1,6-10H2,2-4H3,(H,15,18);5,13H,1,6-10H2,2-4H3,(H,14,15);5H,2-4,6-7H2,1H3;6H2,1-3H3,(H,7,8);2*1H4/q;;+1;;;. The van der Waals surface area contributed by atoms with Gasteiger partial charge < -0.3 is 14.2 Å². The molecule has 4 amide bonds. The van der Waals surface area contributed by atoms with Crippen molar-refractivity contribution in [3.8, 4) is 0 Å². The normalized spacial score (nSPS) is 10.2. The maximum Gasteiger partial charge on any atom is 0.426 e. The summed E-state index contributed by atoms with van der Waals surface area (Å²) in [6.07, 6.45) is 17.6. The Bertz CT molecular complexity index is 934. The number of carbonyl (C=O) groups excluding carboxylic acids is 4. The van der Waals surface area contributed by atoms with Crippen LogP contribution in [0.1, 0.15) is 161 Å². The molecule has 0 heterocycles. The number of nitrogens with zero attached hydrogens (tertiary/aromatic N) is 1. The zero-order valence-corrected chi connectivity index (χ0v) is 36.2. The first-order valence-electron chi connectivity index (χ1n) is 18.1. The van der Waals surface area contributed by atoms with Crippen LogP contribution in [0.5, 0.6) is 0 Å². The SMILES string of the molecule is C.C.C=CCCCCCN(NC(=O)OC(C)(C)C)C(=O)Cl.C=CCCCCCNNC(=O)OC(C)(C)C.CC(C)(C)OC(=O)NN.CCCC[CH+]CCBr. The summed E-state index contributed by atoms with van der Waals surface area (Å²) in [6, 6.07) is 0. The average Bonchev–Trinajstić information content (AvgIpc) is 3.00. The van der Waals surface area contributed by atoms with Crippen molar-refractivity contribution in [2.24, 2.45) is 5.84 Å². The second-order valence-corrected chi connectivity index (χ2v) is 15.5. The zero-order valence-electron chi connectivity index (χ0n) is 33.9. The van der Waals surface area contributed by atoms with Gasteiger partial charge in [-0.3, -0.25) is 15.6 Å². The summed E-state index contributed by atoms with van der Waals surface area (Å²) in [5.41, 5.74) is 7.99. The smallest absolute Gasteiger partial charge is 0.426 e. The number of rotatable bonds is 18. The van der Waals surface area contributed by atoms with Crippen molar-refractivity contribution in [1.82, 2.24) is 26.7 Å². The number of unbranched alkanes of at least 4 members (excludes halogenated alkanes) is 10. The quantitative estimate of drug-likeness (QED) is 0.00859. The van der Waals surface area contributed by atoms with Gasteiger partial charge in [-0.05, 0) is 119 Å². The second-order valence-electron chi connectivity index (χ2n) is 14.4. The van der Waals surface area contributed by atoms with Gasteiger partial charge in [0.15, 0.2) is 0 Å². The van der Waals surface area contributed by atoms with E-state index in [0.717, 1.165) is 68.3 Å². The maximum atomic E-state index is 11.5. The van der Waals surface area contributed by atoms with Crippen molar-refractivity contribution >= 4 is 51.2 Å². The minimum Gasteiger partial charge on any atom is -0.443 e. The molecule has 0 aromatic heterocycles. The van der Waals surface area contributed by atoms with Crippen LogP contribution in [-0.4, -0.2) is 63.9 Å². The van der Waals surface area contributed by atoms with Crippen molar-refractivity contribution in [3.05, 3.63) is 31.7 Å². The summed E-state index contributed by atoms with van der Waals surface area (Å²) < 4.78 is 14.8. The van der Waals surface area contributed by atoms with Crippen molar-refractivity contribution in [2.75, 3.05) is 18.4 Å². The third-order valence-electron chi connectivity index (χ3n) is 5.52. The van der Waals surface area contributed by atoms with Gasteiger partial charge in [0.25, 0.3) is 0 Å². The Morgan fingerprint density at radius 3 is 1.59 bits per heavy atom. The Balaban J connectivity index is -0.000000149. The van der Waals surface area contributed by atoms with E-state index in [0.29, 0.717) is 6.54 Å². The molecule has 0 aliphatic heterocycles. The number of amides is 4. The summed E-state index contributed by atoms with van der Waals surface area (Å²) in [5.74, 6) is 4.75. The van der Waals surface area contributed by atoms with Crippen LogP contribution in [0.3, 0.4) is 0 Å². The molecule has 0 saturated heterocycles. The predicted octanol–water partition coefficient (Wildman–Crippen LogP) is 11.4. The molecule has 0 rings (SSSR count). The number of halogens is 2. The third-order valence-corrected chi connectivity index (χ3v) is 6.18. The van der Waals surface area contributed by atoms with Crippen LogP contribution in [-0.2, 0) is 14.2 Å². The molecular weight excluding hydrogens is 780 g/mol. The van der Waals surface area contributed by atoms with Crippen LogP contribution in [0, 0.1) is 6.42 Å². The van der Waals surface area contributed by atoms with Gasteiger partial charge in [-0.1, -0.05) is 69.1 Å². The number of carbonyl (C=O) groups is 4. The van der Waals surface area contributed by atoms with Gasteiger partial charge in [0.1, 0.15) is 16.8 Å². The molecule has 0 fully saturated rings. The van der Waals surface area contributed by atoms with E-state index in [-0.39, 0.29) is 14.9 Å².